The van der Waals surface area contributed by atoms with E-state index in [0.29, 0.717) is 22.7 Å². The smallest absolute Gasteiger partial charge is 0.338 e. The number of hydrogen-bond donors (Lipinski definition) is 2. The van der Waals surface area contributed by atoms with Crippen LogP contribution < -0.4 is 15.8 Å². The zero-order valence-corrected chi connectivity index (χ0v) is 12.9. The van der Waals surface area contributed by atoms with E-state index >= 15 is 0 Å². The number of carbonyl (C=O) groups excluding carboxylic acids is 2. The number of anilines is 2. The molecule has 1 amide bonds. The van der Waals surface area contributed by atoms with E-state index in [2.05, 4.69) is 5.32 Å². The van der Waals surface area contributed by atoms with Crippen LogP contribution in [0.5, 0.6) is 5.75 Å². The molecule has 1 unspecified atom stereocenters. The quantitative estimate of drug-likeness (QED) is 0.653. The summed E-state index contributed by atoms with van der Waals surface area (Å²) in [5.41, 5.74) is 6.92. The molecule has 0 saturated carbocycles. The van der Waals surface area contributed by atoms with Crippen molar-refractivity contribution in [1.82, 2.24) is 0 Å². The van der Waals surface area contributed by atoms with E-state index in [-0.39, 0.29) is 0 Å². The van der Waals surface area contributed by atoms with Crippen molar-refractivity contribution >= 4 is 23.3 Å². The van der Waals surface area contributed by atoms with E-state index in [1.165, 1.54) is 20.1 Å². The first-order valence-corrected chi connectivity index (χ1v) is 7.01. The first-order valence-electron chi connectivity index (χ1n) is 7.01. The van der Waals surface area contributed by atoms with E-state index in [4.69, 9.17) is 15.2 Å². The second-order valence-electron chi connectivity index (χ2n) is 4.89. The van der Waals surface area contributed by atoms with Gasteiger partial charge in [0.25, 0.3) is 5.91 Å². The predicted octanol–water partition coefficient (Wildman–Crippen LogP) is 2.46. The lowest BCUT2D eigenvalue weighted by Crippen LogP contribution is -2.30. The van der Waals surface area contributed by atoms with Crippen LogP contribution in [0.1, 0.15) is 17.3 Å². The van der Waals surface area contributed by atoms with Gasteiger partial charge in [-0.05, 0) is 37.3 Å². The summed E-state index contributed by atoms with van der Waals surface area (Å²) in [6.45, 7) is 1.50. The molecule has 0 bridgehead atoms. The Hall–Kier alpha value is -3.02. The highest BCUT2D eigenvalue weighted by atomic mass is 16.5. The standard InChI is InChI=1S/C17H18N2O4/c1-11(23-17(21)12-5-3-6-13(18)9-12)16(20)19-14-7-4-8-15(10-14)22-2/h3-11H,18H2,1-2H3,(H,19,20). The van der Waals surface area contributed by atoms with Gasteiger partial charge in [0.2, 0.25) is 0 Å². The minimum atomic E-state index is -0.949. The van der Waals surface area contributed by atoms with Gasteiger partial charge in [-0.1, -0.05) is 12.1 Å². The average Bonchev–Trinajstić information content (AvgIpc) is 2.54. The van der Waals surface area contributed by atoms with Gasteiger partial charge in [0.15, 0.2) is 6.10 Å². The van der Waals surface area contributed by atoms with Crippen LogP contribution in [0.25, 0.3) is 0 Å². The Morgan fingerprint density at radius 3 is 2.57 bits per heavy atom. The summed E-state index contributed by atoms with van der Waals surface area (Å²) in [4.78, 5) is 24.1. The van der Waals surface area contributed by atoms with Gasteiger partial charge in [-0.15, -0.1) is 0 Å². The zero-order valence-electron chi connectivity index (χ0n) is 12.9. The number of nitrogens with one attached hydrogen (secondary N) is 1. The predicted molar refractivity (Wildman–Crippen MR) is 87.4 cm³/mol. The van der Waals surface area contributed by atoms with Crippen LogP contribution in [0.2, 0.25) is 0 Å². The molecule has 0 heterocycles. The Morgan fingerprint density at radius 1 is 1.13 bits per heavy atom. The number of ether oxygens (including phenoxy) is 2. The average molecular weight is 314 g/mol. The second kappa shape index (κ2) is 7.31. The Labute approximate surface area is 134 Å². The topological polar surface area (TPSA) is 90.6 Å². The first-order chi connectivity index (χ1) is 11.0. The maximum Gasteiger partial charge on any atom is 0.338 e. The fraction of sp³-hybridized carbons (Fsp3) is 0.176. The van der Waals surface area contributed by atoms with Crippen LogP contribution in [0.3, 0.4) is 0 Å². The van der Waals surface area contributed by atoms with Gasteiger partial charge in [-0.3, -0.25) is 4.79 Å². The number of amides is 1. The molecule has 0 fully saturated rings. The van der Waals surface area contributed by atoms with Crippen molar-refractivity contribution in [2.24, 2.45) is 0 Å². The monoisotopic (exact) mass is 314 g/mol. The maximum absolute atomic E-state index is 12.1. The summed E-state index contributed by atoms with van der Waals surface area (Å²) in [6, 6.07) is 13.3. The van der Waals surface area contributed by atoms with Gasteiger partial charge in [0.1, 0.15) is 5.75 Å². The van der Waals surface area contributed by atoms with E-state index in [0.717, 1.165) is 0 Å². The number of carbonyl (C=O) groups is 2. The van der Waals surface area contributed by atoms with Crippen LogP contribution in [0, 0.1) is 0 Å². The third-order valence-corrected chi connectivity index (χ3v) is 3.11. The lowest BCUT2D eigenvalue weighted by molar-refractivity contribution is -0.123. The van der Waals surface area contributed by atoms with Crippen molar-refractivity contribution in [2.75, 3.05) is 18.2 Å². The highest BCUT2D eigenvalue weighted by molar-refractivity contribution is 5.97. The molecule has 0 aromatic heterocycles. The first kappa shape index (κ1) is 16.4. The molecule has 6 heteroatoms. The lowest BCUT2D eigenvalue weighted by atomic mass is 10.2. The van der Waals surface area contributed by atoms with E-state index in [1.54, 1.807) is 42.5 Å². The van der Waals surface area contributed by atoms with Gasteiger partial charge in [0.05, 0.1) is 12.7 Å². The molecule has 1 atom stereocenters. The third-order valence-electron chi connectivity index (χ3n) is 3.11. The third kappa shape index (κ3) is 4.47. The minimum absolute atomic E-state index is 0.297. The Morgan fingerprint density at radius 2 is 1.87 bits per heavy atom. The molecule has 2 aromatic carbocycles. The molecule has 0 saturated heterocycles. The number of nitrogens with two attached hydrogens (primary N) is 1. The van der Waals surface area contributed by atoms with Crippen molar-refractivity contribution in [3.63, 3.8) is 0 Å². The number of rotatable bonds is 5. The Kier molecular flexibility index (Phi) is 5.19. The van der Waals surface area contributed by atoms with Crippen LogP contribution in [-0.2, 0) is 9.53 Å². The minimum Gasteiger partial charge on any atom is -0.497 e. The SMILES string of the molecule is COc1cccc(NC(=O)C(C)OC(=O)c2cccc(N)c2)c1. The summed E-state index contributed by atoms with van der Waals surface area (Å²) in [5, 5.41) is 2.66. The fourth-order valence-electron chi connectivity index (χ4n) is 1.89. The van der Waals surface area contributed by atoms with Crippen molar-refractivity contribution < 1.29 is 19.1 Å². The second-order valence-corrected chi connectivity index (χ2v) is 4.89. The molecule has 0 aliphatic carbocycles. The Balaban J connectivity index is 1.98. The number of hydrogen-bond acceptors (Lipinski definition) is 5. The van der Waals surface area contributed by atoms with Crippen molar-refractivity contribution in [3.8, 4) is 5.75 Å². The number of benzene rings is 2. The molecule has 0 aliphatic rings. The van der Waals surface area contributed by atoms with Crippen LogP contribution in [0.15, 0.2) is 48.5 Å². The highest BCUT2D eigenvalue weighted by Crippen LogP contribution is 2.17. The largest absolute Gasteiger partial charge is 0.497 e. The lowest BCUT2D eigenvalue weighted by Gasteiger charge is -2.14. The van der Waals surface area contributed by atoms with Crippen molar-refractivity contribution in [3.05, 3.63) is 54.1 Å². The molecule has 3 N–H and O–H groups in total. The summed E-state index contributed by atoms with van der Waals surface area (Å²) >= 11 is 0. The molecular formula is C17H18N2O4. The van der Waals surface area contributed by atoms with Crippen LogP contribution >= 0.6 is 0 Å². The van der Waals surface area contributed by atoms with Gasteiger partial charge in [-0.25, -0.2) is 4.79 Å². The van der Waals surface area contributed by atoms with Crippen LogP contribution in [0.4, 0.5) is 11.4 Å². The molecule has 2 rings (SSSR count). The summed E-state index contributed by atoms with van der Waals surface area (Å²) in [5.74, 6) is -0.423. The molecule has 2 aromatic rings. The molecular weight excluding hydrogens is 296 g/mol. The van der Waals surface area contributed by atoms with Gasteiger partial charge in [0, 0.05) is 17.4 Å². The highest BCUT2D eigenvalue weighted by Gasteiger charge is 2.19. The summed E-state index contributed by atoms with van der Waals surface area (Å²) in [7, 11) is 1.54. The van der Waals surface area contributed by atoms with E-state index in [9.17, 15) is 9.59 Å². The van der Waals surface area contributed by atoms with E-state index in [1.807, 2.05) is 0 Å². The molecule has 0 aliphatic heterocycles. The number of methoxy groups -OCH3 is 1. The zero-order chi connectivity index (χ0) is 16.8. The summed E-state index contributed by atoms with van der Waals surface area (Å²) in [6.07, 6.45) is -0.949. The fourth-order valence-corrected chi connectivity index (χ4v) is 1.89. The van der Waals surface area contributed by atoms with E-state index < -0.39 is 18.0 Å². The number of esters is 1. The molecule has 120 valence electrons. The van der Waals surface area contributed by atoms with Crippen molar-refractivity contribution in [1.29, 1.82) is 0 Å². The Bertz CT molecular complexity index is 715. The number of nitrogen functional groups attached to an aromatic ring is 1. The van der Waals surface area contributed by atoms with Crippen molar-refractivity contribution in [2.45, 2.75) is 13.0 Å². The molecule has 23 heavy (non-hydrogen) atoms. The summed E-state index contributed by atoms with van der Waals surface area (Å²) < 4.78 is 10.2. The van der Waals surface area contributed by atoms with Crippen LogP contribution in [-0.4, -0.2) is 25.1 Å². The molecule has 6 nitrogen and oxygen atoms in total. The van der Waals surface area contributed by atoms with Gasteiger partial charge < -0.3 is 20.5 Å². The van der Waals surface area contributed by atoms with Gasteiger partial charge >= 0.3 is 5.97 Å². The normalized spacial score (nSPS) is 11.4. The maximum atomic E-state index is 12.1. The molecule has 0 radical (unpaired) electrons. The molecule has 0 spiro atoms. The van der Waals surface area contributed by atoms with Gasteiger partial charge in [-0.2, -0.15) is 0 Å².